The summed E-state index contributed by atoms with van der Waals surface area (Å²) in [6.07, 6.45) is -3.66. The van der Waals surface area contributed by atoms with E-state index < -0.39 is 200 Å². The van der Waals surface area contributed by atoms with Gasteiger partial charge in [0, 0.05) is 19.3 Å². The predicted octanol–water partition coefficient (Wildman–Crippen LogP) is -2.92. The molecule has 0 spiro atoms. The Labute approximate surface area is 466 Å². The van der Waals surface area contributed by atoms with Gasteiger partial charge >= 0.3 is 17.9 Å². The van der Waals surface area contributed by atoms with Gasteiger partial charge in [0.25, 0.3) is 0 Å². The average Bonchev–Trinajstić information content (AvgIpc) is 3.37. The molecule has 0 saturated carbocycles. The Morgan fingerprint density at radius 1 is 0.438 bits per heavy atom. The van der Waals surface area contributed by atoms with E-state index in [1.165, 1.54) is 13.8 Å². The normalized spacial score (nSPS) is 16.1. The summed E-state index contributed by atoms with van der Waals surface area (Å²) < 4.78 is 0. The number of nitrogens with one attached hydrogen (secondary N) is 9. The van der Waals surface area contributed by atoms with E-state index in [9.17, 15) is 82.8 Å². The molecule has 0 unspecified atom stereocenters. The van der Waals surface area contributed by atoms with Gasteiger partial charge in [-0.1, -0.05) is 68.2 Å². The molecule has 0 aromatic carbocycles. The number of hydrogen-bond acceptors (Lipinski definition) is 16. The molecule has 0 aliphatic rings. The molecule has 0 fully saturated rings. The van der Waals surface area contributed by atoms with Crippen LogP contribution < -0.4 is 65.1 Å². The Morgan fingerprint density at radius 3 is 1.21 bits per heavy atom. The summed E-state index contributed by atoms with van der Waals surface area (Å²) in [6.45, 7) is 16.0. The molecule has 10 amide bonds. The highest BCUT2D eigenvalue weighted by molar-refractivity contribution is 5.99. The van der Waals surface area contributed by atoms with Gasteiger partial charge in [0.05, 0.1) is 6.10 Å². The number of carbonyl (C=O) groups is 13. The zero-order valence-corrected chi connectivity index (χ0v) is 47.7. The van der Waals surface area contributed by atoms with Gasteiger partial charge < -0.3 is 85.5 Å². The van der Waals surface area contributed by atoms with Gasteiger partial charge in [-0.25, -0.2) is 4.79 Å². The summed E-state index contributed by atoms with van der Waals surface area (Å²) in [5, 5.41) is 60.8. The first-order valence-electron chi connectivity index (χ1n) is 27.0. The maximum Gasteiger partial charge on any atom is 0.326 e. The van der Waals surface area contributed by atoms with Crippen molar-refractivity contribution in [2.45, 2.75) is 213 Å². The zero-order chi connectivity index (χ0) is 61.7. The molecule has 80 heavy (non-hydrogen) atoms. The molecular weight excluding hydrogens is 1050 g/mol. The van der Waals surface area contributed by atoms with E-state index in [0.29, 0.717) is 19.3 Å². The molecule has 0 rings (SSSR count). The van der Waals surface area contributed by atoms with Crippen molar-refractivity contribution in [3.63, 3.8) is 0 Å². The van der Waals surface area contributed by atoms with E-state index in [-0.39, 0.29) is 31.7 Å². The van der Waals surface area contributed by atoms with Crippen molar-refractivity contribution in [2.24, 2.45) is 40.9 Å². The first-order chi connectivity index (χ1) is 37.2. The molecule has 13 atom stereocenters. The first-order valence-corrected chi connectivity index (χ1v) is 27.0. The standard InChI is InChI=1S/C51H90N12O17/c1-11-26(7)40(50(78)63-41(51(79)80)27(8)12-2)62-46(74)33(18-21-37(68)69)59-44(72)31(16-19-35(53)65)58-43(71)30(15-13-14-22-52)57-45(73)32(17-20-36(66)67)56-42(70)28(9)55-47(75)34(23-24(3)4)60-49(77)39(25(5)6)61-48(76)38(54)29(10)64/h24-34,38-41,64H,11-23,52,54H2,1-10H3,(H2,53,65)(H,55,75)(H,56,70)(H,57,73)(H,58,71)(H,59,72)(H,60,77)(H,61,76)(H,62,74)(H,63,78)(H,66,67)(H,68,69)(H,79,80)/t26-,27-,28-,29+,30-,31-,32-,33-,34-,38-,39-,40-,41-/m0/s1. The number of hydrogen-bond donors (Lipinski definition) is 16. The molecule has 0 bridgehead atoms. The summed E-state index contributed by atoms with van der Waals surface area (Å²) >= 11 is 0. The molecule has 0 radical (unpaired) electrons. The Bertz CT molecular complexity index is 2130. The molecule has 0 aliphatic heterocycles. The van der Waals surface area contributed by atoms with Crippen molar-refractivity contribution in [3.05, 3.63) is 0 Å². The van der Waals surface area contributed by atoms with Gasteiger partial charge in [0.1, 0.15) is 60.4 Å². The number of aliphatic hydroxyl groups is 1. The van der Waals surface area contributed by atoms with E-state index in [1.807, 2.05) is 0 Å². The number of nitrogens with two attached hydrogens (primary N) is 3. The van der Waals surface area contributed by atoms with Crippen molar-refractivity contribution in [3.8, 4) is 0 Å². The SMILES string of the molecule is CC[C@H](C)[C@H](NC(=O)[C@@H](NC(=O)[C@H](CCC(=O)O)NC(=O)[C@H](CCC(N)=O)NC(=O)[C@H](CCCCN)NC(=O)[C@H](CCC(=O)O)NC(=O)[C@H](C)NC(=O)[C@H](CC(C)C)NC(=O)[C@@H](NC(=O)[C@@H](N)[C@@H](C)O)C(C)C)[C@@H](C)CC)C(=O)O. The summed E-state index contributed by atoms with van der Waals surface area (Å²) in [5.41, 5.74) is 16.8. The highest BCUT2D eigenvalue weighted by Crippen LogP contribution is 2.15. The zero-order valence-electron chi connectivity index (χ0n) is 47.7. The largest absolute Gasteiger partial charge is 0.481 e. The fraction of sp³-hybridized carbons (Fsp3) is 0.745. The van der Waals surface area contributed by atoms with Crippen molar-refractivity contribution in [1.29, 1.82) is 0 Å². The predicted molar refractivity (Wildman–Crippen MR) is 289 cm³/mol. The van der Waals surface area contributed by atoms with Crippen LogP contribution in [0.25, 0.3) is 0 Å². The highest BCUT2D eigenvalue weighted by Gasteiger charge is 2.37. The smallest absolute Gasteiger partial charge is 0.326 e. The van der Waals surface area contributed by atoms with Gasteiger partial charge in [-0.05, 0) is 89.0 Å². The Morgan fingerprint density at radius 2 is 0.812 bits per heavy atom. The summed E-state index contributed by atoms with van der Waals surface area (Å²) in [7, 11) is 0. The van der Waals surface area contributed by atoms with Crippen LogP contribution in [0.3, 0.4) is 0 Å². The number of carboxylic acid groups (broad SMARTS) is 3. The van der Waals surface area contributed by atoms with Crippen molar-refractivity contribution >= 4 is 77.0 Å². The van der Waals surface area contributed by atoms with Gasteiger partial charge in [-0.15, -0.1) is 0 Å². The lowest BCUT2D eigenvalue weighted by Crippen LogP contribution is -2.61. The van der Waals surface area contributed by atoms with Gasteiger partial charge in [-0.2, -0.15) is 0 Å². The number of carboxylic acids is 3. The van der Waals surface area contributed by atoms with Crippen LogP contribution in [0, 0.1) is 23.7 Å². The second-order valence-electron chi connectivity index (χ2n) is 20.9. The molecule has 0 heterocycles. The van der Waals surface area contributed by atoms with E-state index in [1.54, 1.807) is 55.4 Å². The second-order valence-corrected chi connectivity index (χ2v) is 20.9. The number of rotatable bonds is 40. The van der Waals surface area contributed by atoms with Gasteiger partial charge in [0.15, 0.2) is 0 Å². The maximum atomic E-state index is 14.2. The second kappa shape index (κ2) is 37.0. The van der Waals surface area contributed by atoms with E-state index >= 15 is 0 Å². The first kappa shape index (κ1) is 73.0. The lowest BCUT2D eigenvalue weighted by Gasteiger charge is -2.29. The van der Waals surface area contributed by atoms with Gasteiger partial charge in [0.2, 0.25) is 59.1 Å². The van der Waals surface area contributed by atoms with E-state index in [4.69, 9.17) is 17.2 Å². The molecule has 29 heteroatoms. The summed E-state index contributed by atoms with van der Waals surface area (Å²) in [5.74, 6) is -15.5. The van der Waals surface area contributed by atoms with Crippen LogP contribution in [0.15, 0.2) is 0 Å². The molecule has 29 nitrogen and oxygen atoms in total. The highest BCUT2D eigenvalue weighted by atomic mass is 16.4. The molecule has 456 valence electrons. The number of primary amides is 1. The molecule has 0 aromatic rings. The molecular formula is C51H90N12O17. The quantitative estimate of drug-likeness (QED) is 0.0273. The van der Waals surface area contributed by atoms with Gasteiger partial charge in [-0.3, -0.25) is 57.5 Å². The maximum absolute atomic E-state index is 14.2. The fourth-order valence-electron chi connectivity index (χ4n) is 7.73. The van der Waals surface area contributed by atoms with E-state index in [0.717, 1.165) is 0 Å². The number of carbonyl (C=O) groups excluding carboxylic acids is 10. The number of aliphatic carboxylic acids is 3. The number of amides is 10. The number of unbranched alkanes of at least 4 members (excludes halogenated alkanes) is 1. The minimum atomic E-state index is -1.70. The van der Waals surface area contributed by atoms with Crippen LogP contribution in [-0.2, 0) is 62.3 Å². The van der Waals surface area contributed by atoms with Crippen LogP contribution >= 0.6 is 0 Å². The van der Waals surface area contributed by atoms with Crippen molar-refractivity contribution in [1.82, 2.24) is 47.9 Å². The third kappa shape index (κ3) is 27.2. The third-order valence-corrected chi connectivity index (χ3v) is 13.2. The summed E-state index contributed by atoms with van der Waals surface area (Å²) in [6, 6.07) is -14.6. The van der Waals surface area contributed by atoms with Crippen molar-refractivity contribution in [2.75, 3.05) is 6.54 Å². The lowest BCUT2D eigenvalue weighted by molar-refractivity contribution is -0.144. The van der Waals surface area contributed by atoms with Crippen LogP contribution in [0.1, 0.15) is 146 Å². The molecule has 0 aromatic heterocycles. The minimum Gasteiger partial charge on any atom is -0.481 e. The van der Waals surface area contributed by atoms with E-state index in [2.05, 4.69) is 47.9 Å². The molecule has 0 aliphatic carbocycles. The summed E-state index contributed by atoms with van der Waals surface area (Å²) in [4.78, 5) is 171. The lowest BCUT2D eigenvalue weighted by atomic mass is 9.95. The number of aliphatic hydroxyl groups excluding tert-OH is 1. The third-order valence-electron chi connectivity index (χ3n) is 13.2. The van der Waals surface area contributed by atoms with Crippen molar-refractivity contribution < 1.29 is 82.8 Å². The van der Waals surface area contributed by atoms with Crippen LogP contribution in [-0.4, -0.2) is 170 Å². The average molecular weight is 1140 g/mol. The molecule has 0 saturated heterocycles. The Kier molecular flexibility index (Phi) is 33.8. The topological polar surface area (TPSA) is 489 Å². The Hall–Kier alpha value is -7.01. The minimum absolute atomic E-state index is 0.0519. The van der Waals surface area contributed by atoms with Crippen LogP contribution in [0.4, 0.5) is 0 Å². The van der Waals surface area contributed by atoms with Crippen LogP contribution in [0.5, 0.6) is 0 Å². The Balaban J connectivity index is 6.82. The fourth-order valence-corrected chi connectivity index (χ4v) is 7.73. The molecule has 19 N–H and O–H groups in total. The monoisotopic (exact) mass is 1140 g/mol. The van der Waals surface area contributed by atoms with Crippen LogP contribution in [0.2, 0.25) is 0 Å².